The van der Waals surface area contributed by atoms with Gasteiger partial charge in [0.15, 0.2) is 0 Å². The lowest BCUT2D eigenvalue weighted by atomic mass is 10.1. The molecule has 0 saturated heterocycles. The summed E-state index contributed by atoms with van der Waals surface area (Å²) in [5, 5.41) is 2.35. The van der Waals surface area contributed by atoms with E-state index in [9.17, 15) is 0 Å². The highest BCUT2D eigenvalue weighted by Crippen LogP contribution is 2.28. The van der Waals surface area contributed by atoms with Gasteiger partial charge < -0.3 is 10.5 Å². The molecule has 0 aliphatic heterocycles. The van der Waals surface area contributed by atoms with Crippen LogP contribution in [0.1, 0.15) is 64.7 Å². The van der Waals surface area contributed by atoms with Gasteiger partial charge in [0.2, 0.25) is 0 Å². The van der Waals surface area contributed by atoms with Crippen molar-refractivity contribution in [3.63, 3.8) is 0 Å². The second-order valence-corrected chi connectivity index (χ2v) is 6.41. The molecule has 2 rings (SSSR count). The van der Waals surface area contributed by atoms with Gasteiger partial charge in [0.1, 0.15) is 5.75 Å². The van der Waals surface area contributed by atoms with Gasteiger partial charge in [-0.2, -0.15) is 0 Å². The zero-order valence-corrected chi connectivity index (χ0v) is 15.7. The molecule has 134 valence electrons. The second-order valence-electron chi connectivity index (χ2n) is 6.41. The monoisotopic (exact) mass is 349 g/mol. The first kappa shape index (κ1) is 20.6. The Morgan fingerprint density at radius 2 is 1.33 bits per heavy atom. The van der Waals surface area contributed by atoms with Crippen LogP contribution in [0.25, 0.3) is 10.8 Å². The zero-order chi connectivity index (χ0) is 16.3. The summed E-state index contributed by atoms with van der Waals surface area (Å²) < 4.78 is 5.88. The molecule has 0 unspecified atom stereocenters. The van der Waals surface area contributed by atoms with E-state index < -0.39 is 0 Å². The Labute approximate surface area is 153 Å². The molecule has 2 nitrogen and oxygen atoms in total. The van der Waals surface area contributed by atoms with Crippen LogP contribution in [-0.4, -0.2) is 6.61 Å². The summed E-state index contributed by atoms with van der Waals surface area (Å²) >= 11 is 0. The van der Waals surface area contributed by atoms with E-state index in [0.717, 1.165) is 24.5 Å². The summed E-state index contributed by atoms with van der Waals surface area (Å²) in [5.41, 5.74) is 6.82. The van der Waals surface area contributed by atoms with Crippen molar-refractivity contribution in [1.29, 1.82) is 0 Å². The molecule has 24 heavy (non-hydrogen) atoms. The molecule has 0 aromatic heterocycles. The molecule has 2 aromatic carbocycles. The number of nitrogen functional groups attached to an aromatic ring is 1. The number of ether oxygens (including phenoxy) is 1. The van der Waals surface area contributed by atoms with Gasteiger partial charge in [0, 0.05) is 0 Å². The van der Waals surface area contributed by atoms with E-state index in [1.807, 2.05) is 18.2 Å². The van der Waals surface area contributed by atoms with E-state index in [2.05, 4.69) is 25.1 Å². The van der Waals surface area contributed by atoms with Gasteiger partial charge in [0.05, 0.1) is 12.3 Å². The highest BCUT2D eigenvalue weighted by Gasteiger charge is 2.03. The van der Waals surface area contributed by atoms with Gasteiger partial charge >= 0.3 is 0 Å². The Kier molecular flexibility index (Phi) is 10.3. The average molecular weight is 350 g/mol. The topological polar surface area (TPSA) is 35.2 Å². The summed E-state index contributed by atoms with van der Waals surface area (Å²) in [7, 11) is 0. The maximum absolute atomic E-state index is 6.08. The minimum Gasteiger partial charge on any atom is -0.491 e. The number of fused-ring (bicyclic) bond motifs is 1. The Morgan fingerprint density at radius 1 is 0.792 bits per heavy atom. The summed E-state index contributed by atoms with van der Waals surface area (Å²) in [5.74, 6) is 0.822. The van der Waals surface area contributed by atoms with Crippen molar-refractivity contribution in [3.8, 4) is 5.75 Å². The molecule has 0 amide bonds. The van der Waals surface area contributed by atoms with Gasteiger partial charge in [-0.3, -0.25) is 0 Å². The van der Waals surface area contributed by atoms with Crippen LogP contribution in [0.3, 0.4) is 0 Å². The van der Waals surface area contributed by atoms with Crippen molar-refractivity contribution >= 4 is 28.9 Å². The zero-order valence-electron chi connectivity index (χ0n) is 14.9. The molecule has 2 N–H and O–H groups in total. The number of hydrogen-bond donors (Lipinski definition) is 1. The lowest BCUT2D eigenvalue weighted by Gasteiger charge is -2.10. The quantitative estimate of drug-likeness (QED) is 0.359. The maximum atomic E-state index is 6.08. The number of benzene rings is 2. The number of rotatable bonds is 11. The van der Waals surface area contributed by atoms with Crippen molar-refractivity contribution in [2.24, 2.45) is 0 Å². The summed E-state index contributed by atoms with van der Waals surface area (Å²) in [6.45, 7) is 3.03. The molecule has 0 aliphatic carbocycles. The molecule has 0 radical (unpaired) electrons. The van der Waals surface area contributed by atoms with Crippen LogP contribution in [0, 0.1) is 0 Å². The van der Waals surface area contributed by atoms with Crippen LogP contribution < -0.4 is 10.5 Å². The third-order valence-electron chi connectivity index (χ3n) is 4.38. The fourth-order valence-corrected chi connectivity index (χ4v) is 2.96. The van der Waals surface area contributed by atoms with E-state index in [0.29, 0.717) is 0 Å². The highest BCUT2D eigenvalue weighted by atomic mass is 35.5. The Bertz CT molecular complexity index is 585. The molecule has 2 aromatic rings. The normalized spacial score (nSPS) is 10.5. The smallest absolute Gasteiger partial charge is 0.142 e. The number of anilines is 1. The summed E-state index contributed by atoms with van der Waals surface area (Å²) in [4.78, 5) is 0. The van der Waals surface area contributed by atoms with Crippen molar-refractivity contribution < 1.29 is 4.74 Å². The predicted molar refractivity (Wildman–Crippen MR) is 108 cm³/mol. The van der Waals surface area contributed by atoms with Crippen LogP contribution in [0.5, 0.6) is 5.75 Å². The summed E-state index contributed by atoms with van der Waals surface area (Å²) in [6.07, 6.45) is 12.0. The van der Waals surface area contributed by atoms with Gasteiger partial charge in [-0.1, -0.05) is 82.6 Å². The van der Waals surface area contributed by atoms with Crippen molar-refractivity contribution in [1.82, 2.24) is 0 Å². The van der Waals surface area contributed by atoms with Gasteiger partial charge in [0.25, 0.3) is 0 Å². The molecule has 0 fully saturated rings. The molecule has 0 bridgehead atoms. The van der Waals surface area contributed by atoms with E-state index in [4.69, 9.17) is 10.5 Å². The second kappa shape index (κ2) is 12.0. The fraction of sp³-hybridized carbons (Fsp3) is 0.524. The predicted octanol–water partition coefficient (Wildman–Crippen LogP) is 6.75. The van der Waals surface area contributed by atoms with E-state index in [1.165, 1.54) is 62.1 Å². The molecule has 0 atom stereocenters. The third kappa shape index (κ3) is 7.00. The summed E-state index contributed by atoms with van der Waals surface area (Å²) in [6, 6.07) is 12.3. The van der Waals surface area contributed by atoms with Gasteiger partial charge in [-0.25, -0.2) is 0 Å². The molecule has 0 heterocycles. The number of nitrogens with two attached hydrogens (primary N) is 1. The van der Waals surface area contributed by atoms with Crippen LogP contribution in [0.2, 0.25) is 0 Å². The molecular weight excluding hydrogens is 318 g/mol. The van der Waals surface area contributed by atoms with Crippen LogP contribution >= 0.6 is 12.4 Å². The van der Waals surface area contributed by atoms with E-state index >= 15 is 0 Å². The number of halogens is 1. The standard InChI is InChI=1S/C21H31NO.ClH/c1-2-3-4-5-6-7-8-9-12-15-23-21-17-19-14-11-10-13-18(19)16-20(21)22;/h10-11,13-14,16-17H,2-9,12,15,22H2,1H3;1H. The maximum Gasteiger partial charge on any atom is 0.142 e. The highest BCUT2D eigenvalue weighted by molar-refractivity contribution is 5.88. The molecule has 0 aliphatic rings. The molecule has 3 heteroatoms. The van der Waals surface area contributed by atoms with Crippen LogP contribution in [0.15, 0.2) is 36.4 Å². The lowest BCUT2D eigenvalue weighted by molar-refractivity contribution is 0.306. The number of unbranched alkanes of at least 4 members (excludes halogenated alkanes) is 8. The molecule has 0 spiro atoms. The van der Waals surface area contributed by atoms with Crippen LogP contribution in [-0.2, 0) is 0 Å². The fourth-order valence-electron chi connectivity index (χ4n) is 2.96. The SMILES string of the molecule is CCCCCCCCCCCOc1cc2ccccc2cc1N.Cl. The van der Waals surface area contributed by atoms with Crippen molar-refractivity contribution in [3.05, 3.63) is 36.4 Å². The first-order valence-electron chi connectivity index (χ1n) is 9.22. The Hall–Kier alpha value is -1.41. The third-order valence-corrected chi connectivity index (χ3v) is 4.38. The minimum atomic E-state index is 0. The molecular formula is C21H32ClNO. The Morgan fingerprint density at radius 3 is 1.96 bits per heavy atom. The van der Waals surface area contributed by atoms with Gasteiger partial charge in [-0.05, 0) is 29.3 Å². The largest absolute Gasteiger partial charge is 0.491 e. The minimum absolute atomic E-state index is 0. The lowest BCUT2D eigenvalue weighted by Crippen LogP contribution is -2.00. The Balaban J connectivity index is 0.00000288. The van der Waals surface area contributed by atoms with E-state index in [-0.39, 0.29) is 12.4 Å². The van der Waals surface area contributed by atoms with Gasteiger partial charge in [-0.15, -0.1) is 12.4 Å². The van der Waals surface area contributed by atoms with Crippen molar-refractivity contribution in [2.45, 2.75) is 64.7 Å². The van der Waals surface area contributed by atoms with Crippen molar-refractivity contribution in [2.75, 3.05) is 12.3 Å². The first-order chi connectivity index (χ1) is 11.3. The number of hydrogen-bond acceptors (Lipinski definition) is 2. The van der Waals surface area contributed by atoms with Crippen LogP contribution in [0.4, 0.5) is 5.69 Å². The molecule has 0 saturated carbocycles. The average Bonchev–Trinajstić information content (AvgIpc) is 2.57. The van der Waals surface area contributed by atoms with E-state index in [1.54, 1.807) is 0 Å². The first-order valence-corrected chi connectivity index (χ1v) is 9.22.